The van der Waals surface area contributed by atoms with E-state index in [1.807, 2.05) is 0 Å². The highest BCUT2D eigenvalue weighted by molar-refractivity contribution is 5.53. The fourth-order valence-corrected chi connectivity index (χ4v) is 2.82. The molecule has 2 heteroatoms. The first kappa shape index (κ1) is 15.0. The van der Waals surface area contributed by atoms with Crippen molar-refractivity contribution in [2.24, 2.45) is 0 Å². The highest BCUT2D eigenvalue weighted by atomic mass is 16.5. The third kappa shape index (κ3) is 4.06. The Balaban J connectivity index is 1.60. The first-order valence-corrected chi connectivity index (χ1v) is 7.93. The Kier molecular flexibility index (Phi) is 5.04. The van der Waals surface area contributed by atoms with Gasteiger partial charge < -0.3 is 4.74 Å². The van der Waals surface area contributed by atoms with E-state index >= 15 is 0 Å². The van der Waals surface area contributed by atoms with Crippen molar-refractivity contribution < 1.29 is 4.74 Å². The summed E-state index contributed by atoms with van der Waals surface area (Å²) >= 11 is 0. The van der Waals surface area contributed by atoms with E-state index in [0.29, 0.717) is 0 Å². The molecule has 3 rings (SSSR count). The number of aryl methyl sites for hydroxylation is 1. The summed E-state index contributed by atoms with van der Waals surface area (Å²) in [6.45, 7) is 5.90. The van der Waals surface area contributed by atoms with Crippen molar-refractivity contribution >= 4 is 6.08 Å². The van der Waals surface area contributed by atoms with E-state index < -0.39 is 0 Å². The average molecular weight is 293 g/mol. The highest BCUT2D eigenvalue weighted by Gasteiger charge is 2.18. The molecule has 0 bridgehead atoms. The molecule has 1 atom stereocenters. The molecule has 22 heavy (non-hydrogen) atoms. The number of benzene rings is 2. The lowest BCUT2D eigenvalue weighted by molar-refractivity contribution is -0.00610. The van der Waals surface area contributed by atoms with Gasteiger partial charge in [-0.15, -0.1) is 0 Å². The second-order valence-electron chi connectivity index (χ2n) is 5.85. The molecule has 1 aliphatic rings. The highest BCUT2D eigenvalue weighted by Crippen LogP contribution is 2.14. The Morgan fingerprint density at radius 2 is 1.86 bits per heavy atom. The minimum atomic E-state index is 0.178. The second kappa shape index (κ2) is 7.39. The number of rotatable bonds is 4. The van der Waals surface area contributed by atoms with Crippen LogP contribution < -0.4 is 0 Å². The lowest BCUT2D eigenvalue weighted by Gasteiger charge is -2.31. The van der Waals surface area contributed by atoms with Gasteiger partial charge in [-0.3, -0.25) is 4.90 Å². The Morgan fingerprint density at radius 3 is 2.68 bits per heavy atom. The van der Waals surface area contributed by atoms with Gasteiger partial charge in [-0.25, -0.2) is 0 Å². The van der Waals surface area contributed by atoms with Crippen molar-refractivity contribution in [3.8, 4) is 0 Å². The van der Waals surface area contributed by atoms with Crippen LogP contribution in [0.4, 0.5) is 0 Å². The number of hydrogen-bond acceptors (Lipinski definition) is 2. The van der Waals surface area contributed by atoms with Crippen LogP contribution in [-0.2, 0) is 11.3 Å². The molecule has 114 valence electrons. The van der Waals surface area contributed by atoms with Gasteiger partial charge in [0.25, 0.3) is 0 Å². The number of morpholine rings is 1. The molecule has 0 aromatic heterocycles. The number of hydrogen-bond donors (Lipinski definition) is 0. The van der Waals surface area contributed by atoms with Crippen LogP contribution in [0.2, 0.25) is 0 Å². The van der Waals surface area contributed by atoms with Crippen molar-refractivity contribution in [1.29, 1.82) is 0 Å². The van der Waals surface area contributed by atoms with E-state index in [9.17, 15) is 0 Å². The lowest BCUT2D eigenvalue weighted by Crippen LogP contribution is -2.41. The topological polar surface area (TPSA) is 12.5 Å². The van der Waals surface area contributed by atoms with E-state index in [1.165, 1.54) is 16.7 Å². The number of ether oxygens (including phenoxy) is 1. The normalized spacial score (nSPS) is 19.6. The van der Waals surface area contributed by atoms with Gasteiger partial charge in [0.1, 0.15) is 0 Å². The van der Waals surface area contributed by atoms with Gasteiger partial charge in [-0.1, -0.05) is 66.7 Å². The van der Waals surface area contributed by atoms with Crippen LogP contribution in [0.15, 0.2) is 60.7 Å². The molecule has 1 aliphatic heterocycles. The summed E-state index contributed by atoms with van der Waals surface area (Å²) in [6.07, 6.45) is 4.56. The predicted octanol–water partition coefficient (Wildman–Crippen LogP) is 3.91. The van der Waals surface area contributed by atoms with Gasteiger partial charge in [0, 0.05) is 19.6 Å². The van der Waals surface area contributed by atoms with Crippen molar-refractivity contribution in [2.75, 3.05) is 19.7 Å². The Morgan fingerprint density at radius 1 is 1.09 bits per heavy atom. The average Bonchev–Trinajstić information content (AvgIpc) is 2.55. The quantitative estimate of drug-likeness (QED) is 0.847. The summed E-state index contributed by atoms with van der Waals surface area (Å²) in [4.78, 5) is 2.46. The van der Waals surface area contributed by atoms with Crippen molar-refractivity contribution in [3.05, 3.63) is 77.4 Å². The first-order chi connectivity index (χ1) is 10.8. The Bertz CT molecular complexity index is 621. The first-order valence-electron chi connectivity index (χ1n) is 7.93. The Labute approximate surface area is 133 Å². The molecule has 0 radical (unpaired) electrons. The standard InChI is InChI=1S/C20H23NO/c1-17-7-5-6-10-19(17)11-12-20-16-21(13-14-22-20)15-18-8-3-2-4-9-18/h2-12,20H,13-16H2,1H3/b12-11+. The molecular weight excluding hydrogens is 270 g/mol. The molecule has 0 amide bonds. The summed E-state index contributed by atoms with van der Waals surface area (Å²) in [5.41, 5.74) is 3.94. The summed E-state index contributed by atoms with van der Waals surface area (Å²) in [7, 11) is 0. The minimum absolute atomic E-state index is 0.178. The minimum Gasteiger partial charge on any atom is -0.371 e. The van der Waals surface area contributed by atoms with E-state index in [-0.39, 0.29) is 6.10 Å². The van der Waals surface area contributed by atoms with Gasteiger partial charge in [-0.2, -0.15) is 0 Å². The molecule has 0 saturated carbocycles. The van der Waals surface area contributed by atoms with E-state index in [0.717, 1.165) is 26.2 Å². The van der Waals surface area contributed by atoms with Crippen LogP contribution in [-0.4, -0.2) is 30.7 Å². The Hall–Kier alpha value is -1.90. The monoisotopic (exact) mass is 293 g/mol. The van der Waals surface area contributed by atoms with E-state index in [1.54, 1.807) is 0 Å². The van der Waals surface area contributed by atoms with Crippen molar-refractivity contribution in [2.45, 2.75) is 19.6 Å². The maximum atomic E-state index is 5.88. The zero-order chi connectivity index (χ0) is 15.2. The van der Waals surface area contributed by atoms with Crippen LogP contribution in [0.5, 0.6) is 0 Å². The summed E-state index contributed by atoms with van der Waals surface area (Å²) in [5.74, 6) is 0. The second-order valence-corrected chi connectivity index (χ2v) is 5.85. The maximum Gasteiger partial charge on any atom is 0.0886 e. The molecule has 0 aliphatic carbocycles. The van der Waals surface area contributed by atoms with Crippen LogP contribution in [0, 0.1) is 6.92 Å². The van der Waals surface area contributed by atoms with Gasteiger partial charge >= 0.3 is 0 Å². The van der Waals surface area contributed by atoms with Gasteiger partial charge in [-0.05, 0) is 23.6 Å². The smallest absolute Gasteiger partial charge is 0.0886 e. The molecule has 1 unspecified atom stereocenters. The third-order valence-corrected chi connectivity index (χ3v) is 4.11. The van der Waals surface area contributed by atoms with Crippen LogP contribution in [0.1, 0.15) is 16.7 Å². The molecule has 1 saturated heterocycles. The zero-order valence-electron chi connectivity index (χ0n) is 13.1. The van der Waals surface area contributed by atoms with Crippen LogP contribution in [0.25, 0.3) is 6.08 Å². The van der Waals surface area contributed by atoms with Crippen molar-refractivity contribution in [1.82, 2.24) is 4.90 Å². The fourth-order valence-electron chi connectivity index (χ4n) is 2.82. The molecule has 1 fully saturated rings. The van der Waals surface area contributed by atoms with Gasteiger partial charge in [0.2, 0.25) is 0 Å². The fraction of sp³-hybridized carbons (Fsp3) is 0.300. The van der Waals surface area contributed by atoms with Crippen LogP contribution >= 0.6 is 0 Å². The number of nitrogens with zero attached hydrogens (tertiary/aromatic N) is 1. The summed E-state index contributed by atoms with van der Waals surface area (Å²) in [6, 6.07) is 19.1. The van der Waals surface area contributed by atoms with Gasteiger partial charge in [0.05, 0.1) is 12.7 Å². The largest absolute Gasteiger partial charge is 0.371 e. The zero-order valence-corrected chi connectivity index (χ0v) is 13.1. The SMILES string of the molecule is Cc1ccccc1/C=C/C1CN(Cc2ccccc2)CCO1. The predicted molar refractivity (Wildman–Crippen MR) is 91.7 cm³/mol. The summed E-state index contributed by atoms with van der Waals surface area (Å²) < 4.78 is 5.88. The van der Waals surface area contributed by atoms with Crippen molar-refractivity contribution in [3.63, 3.8) is 0 Å². The maximum absolute atomic E-state index is 5.88. The molecule has 0 N–H and O–H groups in total. The summed E-state index contributed by atoms with van der Waals surface area (Å²) in [5, 5.41) is 0. The van der Waals surface area contributed by atoms with E-state index in [2.05, 4.69) is 78.6 Å². The molecular formula is C20H23NO. The molecule has 2 aromatic rings. The van der Waals surface area contributed by atoms with E-state index in [4.69, 9.17) is 4.74 Å². The lowest BCUT2D eigenvalue weighted by atomic mass is 10.1. The molecule has 2 aromatic carbocycles. The third-order valence-electron chi connectivity index (χ3n) is 4.11. The molecule has 2 nitrogen and oxygen atoms in total. The van der Waals surface area contributed by atoms with Crippen LogP contribution in [0.3, 0.4) is 0 Å². The molecule has 0 spiro atoms. The molecule has 1 heterocycles. The van der Waals surface area contributed by atoms with Gasteiger partial charge in [0.15, 0.2) is 0 Å².